The van der Waals surface area contributed by atoms with Gasteiger partial charge in [0.15, 0.2) is 0 Å². The van der Waals surface area contributed by atoms with Crippen LogP contribution in [0.4, 0.5) is 0 Å². The lowest BCUT2D eigenvalue weighted by molar-refractivity contribution is 0.0940. The zero-order valence-corrected chi connectivity index (χ0v) is 15.3. The zero-order valence-electron chi connectivity index (χ0n) is 11.4. The summed E-state index contributed by atoms with van der Waals surface area (Å²) in [6.07, 6.45) is 0.768. The molecule has 2 nitrogen and oxygen atoms in total. The fourth-order valence-electron chi connectivity index (χ4n) is 2.00. The normalized spacial score (nSPS) is 12.0. The van der Waals surface area contributed by atoms with E-state index < -0.39 is 0 Å². The summed E-state index contributed by atoms with van der Waals surface area (Å²) in [6, 6.07) is 13.3. The molecule has 0 fully saturated rings. The maximum atomic E-state index is 12.2. The summed E-state index contributed by atoms with van der Waals surface area (Å²) in [5.41, 5.74) is 1.65. The molecular formula is C16H14Br2ClNO. The summed E-state index contributed by atoms with van der Waals surface area (Å²) >= 11 is 12.8. The summed E-state index contributed by atoms with van der Waals surface area (Å²) in [5, 5.41) is 3.42. The number of rotatable bonds is 4. The summed E-state index contributed by atoms with van der Waals surface area (Å²) in [6.45, 7) is 1.98. The average molecular weight is 432 g/mol. The Morgan fingerprint density at radius 1 is 1.14 bits per heavy atom. The molecule has 1 amide bonds. The van der Waals surface area contributed by atoms with Crippen molar-refractivity contribution >= 4 is 49.4 Å². The van der Waals surface area contributed by atoms with Gasteiger partial charge in [-0.25, -0.2) is 0 Å². The summed E-state index contributed by atoms with van der Waals surface area (Å²) < 4.78 is 1.88. The molecule has 21 heavy (non-hydrogen) atoms. The highest BCUT2D eigenvalue weighted by Crippen LogP contribution is 2.21. The van der Waals surface area contributed by atoms with Crippen LogP contribution in [0.25, 0.3) is 0 Å². The standard InChI is InChI=1S/C16H14Br2ClNO/c1-10(8-11-2-4-12(17)5-3-11)20-16(21)14-9-13(18)6-7-15(14)19/h2-7,9-10H,8H2,1H3,(H,20,21). The maximum Gasteiger partial charge on any atom is 0.253 e. The Bertz CT molecular complexity index is 643. The fraction of sp³-hybridized carbons (Fsp3) is 0.188. The predicted octanol–water partition coefficient (Wildman–Crippen LogP) is 5.23. The third kappa shape index (κ3) is 4.83. The molecule has 2 aromatic rings. The topological polar surface area (TPSA) is 29.1 Å². The number of halogens is 3. The van der Waals surface area contributed by atoms with Crippen LogP contribution in [0.5, 0.6) is 0 Å². The van der Waals surface area contributed by atoms with Crippen molar-refractivity contribution in [3.63, 3.8) is 0 Å². The Balaban J connectivity index is 2.01. The van der Waals surface area contributed by atoms with Gasteiger partial charge in [-0.05, 0) is 49.2 Å². The summed E-state index contributed by atoms with van der Waals surface area (Å²) in [7, 11) is 0. The number of nitrogens with one attached hydrogen (secondary N) is 1. The lowest BCUT2D eigenvalue weighted by Gasteiger charge is -2.15. The van der Waals surface area contributed by atoms with Gasteiger partial charge in [-0.1, -0.05) is 55.6 Å². The van der Waals surface area contributed by atoms with E-state index in [0.29, 0.717) is 10.6 Å². The van der Waals surface area contributed by atoms with Crippen LogP contribution >= 0.6 is 43.5 Å². The minimum atomic E-state index is -0.161. The van der Waals surface area contributed by atoms with E-state index in [-0.39, 0.29) is 11.9 Å². The Hall–Kier alpha value is -0.840. The molecule has 0 radical (unpaired) electrons. The molecule has 0 saturated heterocycles. The molecule has 0 bridgehead atoms. The second-order valence-electron chi connectivity index (χ2n) is 4.83. The first kappa shape index (κ1) is 16.5. The number of hydrogen-bond acceptors (Lipinski definition) is 1. The molecule has 0 aliphatic carbocycles. The van der Waals surface area contributed by atoms with Crippen LogP contribution in [0, 0.1) is 0 Å². The first-order valence-electron chi connectivity index (χ1n) is 6.46. The van der Waals surface area contributed by atoms with Crippen LogP contribution < -0.4 is 5.32 Å². The minimum Gasteiger partial charge on any atom is -0.349 e. The van der Waals surface area contributed by atoms with E-state index in [1.165, 1.54) is 5.56 Å². The van der Waals surface area contributed by atoms with Gasteiger partial charge in [0, 0.05) is 15.0 Å². The molecule has 0 aliphatic heterocycles. The third-order valence-corrected chi connectivity index (χ3v) is 4.36. The van der Waals surface area contributed by atoms with Crippen LogP contribution in [-0.2, 0) is 6.42 Å². The molecule has 2 aromatic carbocycles. The van der Waals surface area contributed by atoms with E-state index in [1.54, 1.807) is 12.1 Å². The van der Waals surface area contributed by atoms with Crippen LogP contribution in [-0.4, -0.2) is 11.9 Å². The van der Waals surface area contributed by atoms with Crippen LogP contribution in [0.15, 0.2) is 51.4 Å². The van der Waals surface area contributed by atoms with Crippen molar-refractivity contribution in [2.75, 3.05) is 0 Å². The Kier molecular flexibility index (Phi) is 5.85. The second-order valence-corrected chi connectivity index (χ2v) is 7.07. The molecule has 0 spiro atoms. The van der Waals surface area contributed by atoms with Gasteiger partial charge in [-0.15, -0.1) is 0 Å². The Labute approximate surface area is 146 Å². The van der Waals surface area contributed by atoms with Gasteiger partial charge < -0.3 is 5.32 Å². The van der Waals surface area contributed by atoms with E-state index >= 15 is 0 Å². The van der Waals surface area contributed by atoms with Crippen molar-refractivity contribution in [2.24, 2.45) is 0 Å². The van der Waals surface area contributed by atoms with Crippen molar-refractivity contribution in [1.82, 2.24) is 5.32 Å². The van der Waals surface area contributed by atoms with E-state index in [4.69, 9.17) is 11.6 Å². The van der Waals surface area contributed by atoms with Crippen molar-refractivity contribution in [3.05, 3.63) is 67.6 Å². The summed E-state index contributed by atoms with van der Waals surface area (Å²) in [4.78, 5) is 12.2. The molecule has 0 heterocycles. The van der Waals surface area contributed by atoms with Gasteiger partial charge in [-0.2, -0.15) is 0 Å². The first-order valence-corrected chi connectivity index (χ1v) is 8.42. The minimum absolute atomic E-state index is 0.0220. The zero-order chi connectivity index (χ0) is 15.4. The van der Waals surface area contributed by atoms with Crippen molar-refractivity contribution in [3.8, 4) is 0 Å². The van der Waals surface area contributed by atoms with Crippen molar-refractivity contribution in [2.45, 2.75) is 19.4 Å². The Morgan fingerprint density at radius 2 is 1.76 bits per heavy atom. The highest BCUT2D eigenvalue weighted by Gasteiger charge is 2.13. The number of benzene rings is 2. The van der Waals surface area contributed by atoms with Gasteiger partial charge in [0.05, 0.1) is 10.6 Å². The number of amides is 1. The summed E-state index contributed by atoms with van der Waals surface area (Å²) in [5.74, 6) is -0.161. The van der Waals surface area contributed by atoms with E-state index in [9.17, 15) is 4.79 Å². The Morgan fingerprint density at radius 3 is 2.43 bits per heavy atom. The molecule has 1 unspecified atom stereocenters. The van der Waals surface area contributed by atoms with E-state index in [1.807, 2.05) is 37.3 Å². The highest BCUT2D eigenvalue weighted by atomic mass is 79.9. The van der Waals surface area contributed by atoms with E-state index in [2.05, 4.69) is 37.2 Å². The van der Waals surface area contributed by atoms with Gasteiger partial charge in [-0.3, -0.25) is 4.79 Å². The van der Waals surface area contributed by atoms with Crippen molar-refractivity contribution in [1.29, 1.82) is 0 Å². The molecule has 0 saturated carbocycles. The van der Waals surface area contributed by atoms with Gasteiger partial charge >= 0.3 is 0 Å². The molecular weight excluding hydrogens is 417 g/mol. The lowest BCUT2D eigenvalue weighted by Crippen LogP contribution is -2.34. The highest BCUT2D eigenvalue weighted by molar-refractivity contribution is 9.10. The van der Waals surface area contributed by atoms with Crippen molar-refractivity contribution < 1.29 is 4.79 Å². The number of carbonyl (C=O) groups excluding carboxylic acids is 1. The predicted molar refractivity (Wildman–Crippen MR) is 93.9 cm³/mol. The largest absolute Gasteiger partial charge is 0.349 e. The fourth-order valence-corrected chi connectivity index (χ4v) is 2.83. The number of carbonyl (C=O) groups is 1. The van der Waals surface area contributed by atoms with Crippen LogP contribution in [0.1, 0.15) is 22.8 Å². The SMILES string of the molecule is CC(Cc1ccc(Br)cc1)NC(=O)c1cc(Br)ccc1Cl. The molecule has 1 atom stereocenters. The van der Waals surface area contributed by atoms with Gasteiger partial charge in [0.1, 0.15) is 0 Å². The van der Waals surface area contributed by atoms with Crippen LogP contribution in [0.2, 0.25) is 5.02 Å². The second kappa shape index (κ2) is 7.43. The lowest BCUT2D eigenvalue weighted by atomic mass is 10.1. The van der Waals surface area contributed by atoms with E-state index in [0.717, 1.165) is 15.4 Å². The number of hydrogen-bond donors (Lipinski definition) is 1. The molecule has 2 rings (SSSR count). The smallest absolute Gasteiger partial charge is 0.253 e. The van der Waals surface area contributed by atoms with Gasteiger partial charge in [0.2, 0.25) is 0 Å². The quantitative estimate of drug-likeness (QED) is 0.706. The van der Waals surface area contributed by atoms with Crippen LogP contribution in [0.3, 0.4) is 0 Å². The van der Waals surface area contributed by atoms with Gasteiger partial charge in [0.25, 0.3) is 5.91 Å². The third-order valence-electron chi connectivity index (χ3n) is 3.01. The molecule has 1 N–H and O–H groups in total. The molecule has 5 heteroatoms. The molecule has 0 aliphatic rings. The molecule has 110 valence electrons. The maximum absolute atomic E-state index is 12.2. The first-order chi connectivity index (χ1) is 9.95. The molecule has 0 aromatic heterocycles. The average Bonchev–Trinajstić information content (AvgIpc) is 2.44. The monoisotopic (exact) mass is 429 g/mol.